The van der Waals surface area contributed by atoms with E-state index < -0.39 is 0 Å². The lowest BCUT2D eigenvalue weighted by molar-refractivity contribution is 0.284. The van der Waals surface area contributed by atoms with Gasteiger partial charge in [-0.2, -0.15) is 0 Å². The van der Waals surface area contributed by atoms with E-state index in [1.165, 1.54) is 11.1 Å². The molecule has 0 fully saturated rings. The molecule has 0 radical (unpaired) electrons. The van der Waals surface area contributed by atoms with Crippen molar-refractivity contribution in [3.8, 4) is 0 Å². The highest BCUT2D eigenvalue weighted by Crippen LogP contribution is 2.08. The van der Waals surface area contributed by atoms with Crippen LogP contribution in [0.15, 0.2) is 24.3 Å². The molecule has 0 bridgehead atoms. The maximum Gasteiger partial charge on any atom is 0.0471 e. The van der Waals surface area contributed by atoms with Crippen LogP contribution in [-0.2, 0) is 12.8 Å². The molecule has 1 aromatic rings. The number of unbranched alkanes of at least 4 members (excludes halogenated alkanes) is 1. The quantitative estimate of drug-likeness (QED) is 0.674. The Morgan fingerprint density at radius 2 is 1.29 bits per heavy atom. The molecule has 2 heteroatoms. The van der Waals surface area contributed by atoms with E-state index in [1.807, 2.05) is 0 Å². The summed E-state index contributed by atoms with van der Waals surface area (Å²) in [6, 6.07) is 8.32. The summed E-state index contributed by atoms with van der Waals surface area (Å²) in [5.74, 6) is 0. The van der Waals surface area contributed by atoms with Gasteiger partial charge in [0.1, 0.15) is 0 Å². The molecule has 1 rings (SSSR count). The molecule has 0 unspecified atom stereocenters. The molecule has 0 aliphatic heterocycles. The Bertz CT molecular complexity index is 241. The van der Waals surface area contributed by atoms with Gasteiger partial charge in [0.15, 0.2) is 0 Å². The van der Waals surface area contributed by atoms with Crippen LogP contribution in [0.2, 0.25) is 0 Å². The first-order valence-electron chi connectivity index (χ1n) is 5.16. The molecule has 0 aromatic heterocycles. The van der Waals surface area contributed by atoms with E-state index in [1.54, 1.807) is 0 Å². The molecule has 0 aliphatic rings. The summed E-state index contributed by atoms with van der Waals surface area (Å²) in [5.41, 5.74) is 2.48. The Kier molecular flexibility index (Phi) is 5.27. The molecule has 2 nitrogen and oxygen atoms in total. The van der Waals surface area contributed by atoms with Gasteiger partial charge < -0.3 is 10.2 Å². The number of hydrogen-bond donors (Lipinski definition) is 2. The second-order valence-electron chi connectivity index (χ2n) is 3.47. The minimum atomic E-state index is 0.212. The highest BCUT2D eigenvalue weighted by Gasteiger charge is 1.94. The van der Waals surface area contributed by atoms with Crippen molar-refractivity contribution in [2.75, 3.05) is 13.2 Å². The molecule has 2 N–H and O–H groups in total. The van der Waals surface area contributed by atoms with E-state index in [0.717, 1.165) is 25.7 Å². The molecule has 0 saturated heterocycles. The fraction of sp³-hybridized carbons (Fsp3) is 0.500. The maximum absolute atomic E-state index is 8.73. The zero-order valence-electron chi connectivity index (χ0n) is 8.45. The molecule has 0 heterocycles. The van der Waals surface area contributed by atoms with Gasteiger partial charge in [0.25, 0.3) is 0 Å². The Labute approximate surface area is 85.2 Å². The van der Waals surface area contributed by atoms with Gasteiger partial charge in [0, 0.05) is 13.2 Å². The van der Waals surface area contributed by atoms with E-state index in [9.17, 15) is 0 Å². The second kappa shape index (κ2) is 6.57. The normalized spacial score (nSPS) is 10.4. The summed E-state index contributed by atoms with van der Waals surface area (Å²) in [6.45, 7) is 0.493. The summed E-state index contributed by atoms with van der Waals surface area (Å²) < 4.78 is 0. The third-order valence-corrected chi connectivity index (χ3v) is 2.30. The summed E-state index contributed by atoms with van der Waals surface area (Å²) in [4.78, 5) is 0. The van der Waals surface area contributed by atoms with Crippen LogP contribution in [-0.4, -0.2) is 23.4 Å². The minimum Gasteiger partial charge on any atom is -0.396 e. The molecule has 0 spiro atoms. The lowest BCUT2D eigenvalue weighted by Gasteiger charge is -2.02. The largest absolute Gasteiger partial charge is 0.396 e. The summed E-state index contributed by atoms with van der Waals surface area (Å²) >= 11 is 0. The Balaban J connectivity index is 2.38. The van der Waals surface area contributed by atoms with Gasteiger partial charge in [0.05, 0.1) is 0 Å². The topological polar surface area (TPSA) is 40.5 Å². The van der Waals surface area contributed by atoms with Crippen molar-refractivity contribution in [1.29, 1.82) is 0 Å². The summed E-state index contributed by atoms with van der Waals surface area (Å²) in [6.07, 6.45) is 3.67. The van der Waals surface area contributed by atoms with E-state index in [-0.39, 0.29) is 13.2 Å². The number of rotatable bonds is 6. The van der Waals surface area contributed by atoms with Gasteiger partial charge in [-0.3, -0.25) is 0 Å². The molecule has 0 saturated carbocycles. The summed E-state index contributed by atoms with van der Waals surface area (Å²) in [5, 5.41) is 17.4. The van der Waals surface area contributed by atoms with E-state index in [2.05, 4.69) is 24.3 Å². The highest BCUT2D eigenvalue weighted by molar-refractivity contribution is 5.22. The lowest BCUT2D eigenvalue weighted by Crippen LogP contribution is -1.92. The van der Waals surface area contributed by atoms with Crippen LogP contribution < -0.4 is 0 Å². The molecule has 0 amide bonds. The minimum absolute atomic E-state index is 0.212. The van der Waals surface area contributed by atoms with Crippen LogP contribution in [0.5, 0.6) is 0 Å². The van der Waals surface area contributed by atoms with Crippen LogP contribution in [0.25, 0.3) is 0 Å². The first kappa shape index (κ1) is 11.2. The Morgan fingerprint density at radius 3 is 1.79 bits per heavy atom. The van der Waals surface area contributed by atoms with Gasteiger partial charge in [-0.05, 0) is 36.8 Å². The molecule has 14 heavy (non-hydrogen) atoms. The highest BCUT2D eigenvalue weighted by atomic mass is 16.3. The number of aryl methyl sites for hydroxylation is 1. The fourth-order valence-corrected chi connectivity index (χ4v) is 1.44. The number of aliphatic hydroxyl groups is 2. The molecular weight excluding hydrogens is 176 g/mol. The third-order valence-electron chi connectivity index (χ3n) is 2.30. The number of benzene rings is 1. The van der Waals surface area contributed by atoms with Crippen molar-refractivity contribution in [3.63, 3.8) is 0 Å². The van der Waals surface area contributed by atoms with Gasteiger partial charge in [0.2, 0.25) is 0 Å². The predicted octanol–water partition coefficient (Wildman–Crippen LogP) is 1.54. The van der Waals surface area contributed by atoms with Gasteiger partial charge >= 0.3 is 0 Å². The zero-order valence-corrected chi connectivity index (χ0v) is 8.45. The number of hydrogen-bond acceptors (Lipinski definition) is 2. The second-order valence-corrected chi connectivity index (χ2v) is 3.47. The Hall–Kier alpha value is -0.860. The first-order valence-corrected chi connectivity index (χ1v) is 5.16. The molecule has 0 atom stereocenters. The van der Waals surface area contributed by atoms with Crippen molar-refractivity contribution in [3.05, 3.63) is 35.4 Å². The molecular formula is C12H18O2. The lowest BCUT2D eigenvalue weighted by atomic mass is 10.1. The SMILES string of the molecule is OCCCCc1ccc(CCO)cc1. The van der Waals surface area contributed by atoms with Crippen molar-refractivity contribution >= 4 is 0 Å². The first-order chi connectivity index (χ1) is 6.86. The van der Waals surface area contributed by atoms with Crippen molar-refractivity contribution in [2.45, 2.75) is 25.7 Å². The smallest absolute Gasteiger partial charge is 0.0471 e. The van der Waals surface area contributed by atoms with Crippen molar-refractivity contribution < 1.29 is 10.2 Å². The molecule has 78 valence electrons. The van der Waals surface area contributed by atoms with Crippen LogP contribution in [0.3, 0.4) is 0 Å². The van der Waals surface area contributed by atoms with Crippen LogP contribution in [0, 0.1) is 0 Å². The van der Waals surface area contributed by atoms with Crippen LogP contribution in [0.4, 0.5) is 0 Å². The van der Waals surface area contributed by atoms with E-state index in [0.29, 0.717) is 0 Å². The fourth-order valence-electron chi connectivity index (χ4n) is 1.44. The van der Waals surface area contributed by atoms with E-state index >= 15 is 0 Å². The molecule has 0 aliphatic carbocycles. The maximum atomic E-state index is 8.73. The third kappa shape index (κ3) is 3.90. The Morgan fingerprint density at radius 1 is 0.714 bits per heavy atom. The monoisotopic (exact) mass is 194 g/mol. The van der Waals surface area contributed by atoms with Gasteiger partial charge in [-0.1, -0.05) is 24.3 Å². The zero-order chi connectivity index (χ0) is 10.2. The van der Waals surface area contributed by atoms with Crippen molar-refractivity contribution in [2.24, 2.45) is 0 Å². The standard InChI is InChI=1S/C12H18O2/c13-9-2-1-3-11-4-6-12(7-5-11)8-10-14/h4-7,13-14H,1-3,8-10H2. The van der Waals surface area contributed by atoms with Crippen molar-refractivity contribution in [1.82, 2.24) is 0 Å². The average Bonchev–Trinajstić information content (AvgIpc) is 2.21. The summed E-state index contributed by atoms with van der Waals surface area (Å²) in [7, 11) is 0. The van der Waals surface area contributed by atoms with E-state index in [4.69, 9.17) is 10.2 Å². The van der Waals surface area contributed by atoms with Gasteiger partial charge in [-0.25, -0.2) is 0 Å². The average molecular weight is 194 g/mol. The predicted molar refractivity (Wildman–Crippen MR) is 57.3 cm³/mol. The van der Waals surface area contributed by atoms with Crippen LogP contribution >= 0.6 is 0 Å². The van der Waals surface area contributed by atoms with Gasteiger partial charge in [-0.15, -0.1) is 0 Å². The van der Waals surface area contributed by atoms with Crippen LogP contribution in [0.1, 0.15) is 24.0 Å². The molecule has 1 aromatic carbocycles. The number of aliphatic hydroxyl groups excluding tert-OH is 2.